The number of nitrogens with one attached hydrogen (secondary N) is 2. The summed E-state index contributed by atoms with van der Waals surface area (Å²) in [6, 6.07) is 5.58. The third-order valence-electron chi connectivity index (χ3n) is 5.73. The molecule has 3 rings (SSSR count). The van der Waals surface area contributed by atoms with Crippen LogP contribution >= 0.6 is 0 Å². The van der Waals surface area contributed by atoms with Crippen LogP contribution in [0.15, 0.2) is 29.2 Å². The van der Waals surface area contributed by atoms with Crippen LogP contribution in [0.4, 0.5) is 0 Å². The number of rotatable bonds is 10. The molecule has 2 aliphatic heterocycles. The molecule has 32 heavy (non-hydrogen) atoms. The zero-order valence-electron chi connectivity index (χ0n) is 18.4. The number of aliphatic hydroxyl groups is 1. The second-order valence-electron chi connectivity index (χ2n) is 7.99. The summed E-state index contributed by atoms with van der Waals surface area (Å²) in [7, 11) is -2.24. The molecule has 2 aliphatic rings. The van der Waals surface area contributed by atoms with E-state index in [2.05, 4.69) is 14.9 Å². The molecule has 2 fully saturated rings. The van der Waals surface area contributed by atoms with E-state index in [0.717, 1.165) is 13.1 Å². The van der Waals surface area contributed by atoms with E-state index >= 15 is 0 Å². The molecule has 1 amide bonds. The molecule has 0 bridgehead atoms. The van der Waals surface area contributed by atoms with E-state index < -0.39 is 22.2 Å². The number of carbonyl (C=O) groups is 1. The molecule has 0 aliphatic carbocycles. The quantitative estimate of drug-likeness (QED) is 0.425. The molecule has 0 saturated carbocycles. The van der Waals surface area contributed by atoms with Crippen molar-refractivity contribution >= 4 is 15.9 Å². The van der Waals surface area contributed by atoms with Crippen LogP contribution in [0, 0.1) is 0 Å². The summed E-state index contributed by atoms with van der Waals surface area (Å²) >= 11 is 0. The average molecular weight is 472 g/mol. The molecule has 2 saturated heterocycles. The molecule has 1 aromatic carbocycles. The summed E-state index contributed by atoms with van der Waals surface area (Å²) in [6.45, 7) is 3.33. The van der Waals surface area contributed by atoms with E-state index in [0.29, 0.717) is 51.3 Å². The second-order valence-corrected chi connectivity index (χ2v) is 9.70. The monoisotopic (exact) mass is 471 g/mol. The van der Waals surface area contributed by atoms with E-state index in [9.17, 15) is 18.3 Å². The molecular formula is C21H33N3O7S. The number of sulfonamides is 1. The van der Waals surface area contributed by atoms with Gasteiger partial charge in [0.1, 0.15) is 5.75 Å². The van der Waals surface area contributed by atoms with Crippen molar-refractivity contribution in [3.8, 4) is 5.75 Å². The van der Waals surface area contributed by atoms with E-state index in [-0.39, 0.29) is 23.5 Å². The Morgan fingerprint density at radius 2 is 1.94 bits per heavy atom. The highest BCUT2D eigenvalue weighted by Gasteiger charge is 2.34. The number of nitrogens with zero attached hydrogens (tertiary/aromatic N) is 1. The van der Waals surface area contributed by atoms with E-state index in [4.69, 9.17) is 14.2 Å². The van der Waals surface area contributed by atoms with Crippen molar-refractivity contribution in [2.75, 3.05) is 53.1 Å². The highest BCUT2D eigenvalue weighted by molar-refractivity contribution is 7.89. The molecule has 3 N–H and O–H groups in total. The number of benzene rings is 1. The fourth-order valence-electron chi connectivity index (χ4n) is 3.89. The largest absolute Gasteiger partial charge is 0.497 e. The van der Waals surface area contributed by atoms with Crippen molar-refractivity contribution in [3.05, 3.63) is 24.3 Å². The number of carbonyl (C=O) groups excluding carboxylic acids is 1. The molecule has 0 spiro atoms. The van der Waals surface area contributed by atoms with Crippen molar-refractivity contribution in [2.24, 2.45) is 0 Å². The first-order valence-corrected chi connectivity index (χ1v) is 12.4. The molecule has 11 heteroatoms. The van der Waals surface area contributed by atoms with Gasteiger partial charge in [-0.25, -0.2) is 13.1 Å². The molecule has 2 heterocycles. The molecular weight excluding hydrogens is 438 g/mol. The zero-order valence-corrected chi connectivity index (χ0v) is 19.2. The van der Waals surface area contributed by atoms with E-state index in [1.807, 2.05) is 0 Å². The Hall–Kier alpha value is -1.76. The number of ether oxygens (including phenoxy) is 3. The normalized spacial score (nSPS) is 24.8. The van der Waals surface area contributed by atoms with Gasteiger partial charge in [0.25, 0.3) is 0 Å². The second kappa shape index (κ2) is 11.9. The molecule has 3 atom stereocenters. The topological polar surface area (TPSA) is 126 Å². The summed E-state index contributed by atoms with van der Waals surface area (Å²) in [5.74, 6) is 0.532. The van der Waals surface area contributed by atoms with Crippen molar-refractivity contribution in [1.29, 1.82) is 0 Å². The lowest BCUT2D eigenvalue weighted by atomic mass is 9.98. The maximum absolute atomic E-state index is 12.7. The molecule has 0 unspecified atom stereocenters. The van der Waals surface area contributed by atoms with Gasteiger partial charge in [0, 0.05) is 19.6 Å². The van der Waals surface area contributed by atoms with Crippen LogP contribution in [0.2, 0.25) is 0 Å². The third kappa shape index (κ3) is 7.12. The van der Waals surface area contributed by atoms with Crippen LogP contribution in [0.5, 0.6) is 5.75 Å². The highest BCUT2D eigenvalue weighted by atomic mass is 32.2. The Kier molecular flexibility index (Phi) is 9.26. The maximum atomic E-state index is 12.7. The van der Waals surface area contributed by atoms with Crippen molar-refractivity contribution < 1.29 is 32.5 Å². The van der Waals surface area contributed by atoms with E-state index in [1.165, 1.54) is 19.2 Å². The lowest BCUT2D eigenvalue weighted by molar-refractivity contribution is -0.123. The maximum Gasteiger partial charge on any atom is 0.240 e. The van der Waals surface area contributed by atoms with Crippen molar-refractivity contribution in [3.63, 3.8) is 0 Å². The SMILES string of the molecule is COc1ccc(S(=O)(=O)N[C@@H]2CC[C@@H](CCNC(=O)CN3CCOCC3)O[C@@H]2CO)cc1. The first kappa shape index (κ1) is 24.9. The summed E-state index contributed by atoms with van der Waals surface area (Å²) < 4.78 is 44.3. The number of hydrogen-bond acceptors (Lipinski definition) is 8. The van der Waals surface area contributed by atoms with Gasteiger partial charge in [-0.05, 0) is 43.5 Å². The fraction of sp³-hybridized carbons (Fsp3) is 0.667. The van der Waals surface area contributed by atoms with Crippen LogP contribution in [-0.4, -0.2) is 95.7 Å². The number of methoxy groups -OCH3 is 1. The van der Waals surface area contributed by atoms with Gasteiger partial charge in [-0.2, -0.15) is 0 Å². The van der Waals surface area contributed by atoms with Gasteiger partial charge in [-0.1, -0.05) is 0 Å². The average Bonchev–Trinajstić information content (AvgIpc) is 2.80. The summed E-state index contributed by atoms with van der Waals surface area (Å²) in [5.41, 5.74) is 0. The predicted molar refractivity (Wildman–Crippen MR) is 117 cm³/mol. The Morgan fingerprint density at radius 3 is 2.59 bits per heavy atom. The van der Waals surface area contributed by atoms with Crippen molar-refractivity contribution in [1.82, 2.24) is 14.9 Å². The first-order chi connectivity index (χ1) is 15.4. The van der Waals surface area contributed by atoms with Crippen LogP contribution in [-0.2, 0) is 24.3 Å². The molecule has 1 aromatic rings. The van der Waals surface area contributed by atoms with Crippen LogP contribution < -0.4 is 14.8 Å². The first-order valence-electron chi connectivity index (χ1n) is 10.9. The number of amides is 1. The van der Waals surface area contributed by atoms with Crippen LogP contribution in [0.25, 0.3) is 0 Å². The minimum absolute atomic E-state index is 0.0356. The molecule has 0 aromatic heterocycles. The lowest BCUT2D eigenvalue weighted by Gasteiger charge is -2.36. The minimum Gasteiger partial charge on any atom is -0.497 e. The van der Waals surface area contributed by atoms with Gasteiger partial charge < -0.3 is 24.6 Å². The van der Waals surface area contributed by atoms with E-state index in [1.54, 1.807) is 12.1 Å². The van der Waals surface area contributed by atoms with Gasteiger partial charge in [0.2, 0.25) is 15.9 Å². The van der Waals surface area contributed by atoms with Gasteiger partial charge in [0.15, 0.2) is 0 Å². The Morgan fingerprint density at radius 1 is 1.22 bits per heavy atom. The van der Waals surface area contributed by atoms with Gasteiger partial charge >= 0.3 is 0 Å². The minimum atomic E-state index is -3.75. The van der Waals surface area contributed by atoms with Gasteiger partial charge in [-0.15, -0.1) is 0 Å². The highest BCUT2D eigenvalue weighted by Crippen LogP contribution is 2.24. The van der Waals surface area contributed by atoms with Gasteiger partial charge in [0.05, 0.1) is 56.6 Å². The zero-order chi connectivity index (χ0) is 23.0. The smallest absolute Gasteiger partial charge is 0.240 e. The van der Waals surface area contributed by atoms with Crippen molar-refractivity contribution in [2.45, 2.75) is 42.4 Å². The summed E-state index contributed by atoms with van der Waals surface area (Å²) in [4.78, 5) is 14.3. The van der Waals surface area contributed by atoms with Crippen LogP contribution in [0.1, 0.15) is 19.3 Å². The Bertz CT molecular complexity index is 828. The molecule has 180 valence electrons. The van der Waals surface area contributed by atoms with Gasteiger partial charge in [-0.3, -0.25) is 9.69 Å². The number of hydrogen-bond donors (Lipinski definition) is 3. The van der Waals surface area contributed by atoms with Crippen LogP contribution in [0.3, 0.4) is 0 Å². The number of aliphatic hydroxyl groups excluding tert-OH is 1. The molecule has 10 nitrogen and oxygen atoms in total. The third-order valence-corrected chi connectivity index (χ3v) is 7.24. The summed E-state index contributed by atoms with van der Waals surface area (Å²) in [6.07, 6.45) is 0.963. The fourth-order valence-corrected chi connectivity index (χ4v) is 5.19. The predicted octanol–water partition coefficient (Wildman–Crippen LogP) is -0.279. The summed E-state index contributed by atoms with van der Waals surface area (Å²) in [5, 5.41) is 12.7. The number of morpholine rings is 1. The lowest BCUT2D eigenvalue weighted by Crippen LogP contribution is -2.51. The molecule has 0 radical (unpaired) electrons. The Balaban J connectivity index is 1.44. The Labute approximate surface area is 189 Å². The standard InChI is InChI=1S/C21H33N3O7S/c1-29-16-2-5-18(6-3-16)32(27,28)23-19-7-4-17(31-20(19)15-25)8-9-22-21(26)14-24-10-12-30-13-11-24/h2-3,5-6,17,19-20,23,25H,4,7-15H2,1H3,(H,22,26)/t17-,19+,20+/m0/s1.